The monoisotopic (exact) mass is 128 g/mol. The SMILES string of the molecule is O=C([O-])O.[Al+3].[Na+].[OH-]. The Balaban J connectivity index is -0.0000000150. The van der Waals surface area contributed by atoms with Gasteiger partial charge in [0.25, 0.3) is 0 Å². The third-order valence-corrected chi connectivity index (χ3v) is 0. The van der Waals surface area contributed by atoms with Crippen LogP contribution in [0.25, 0.3) is 0 Å². The standard InChI is InChI=1S/CH2O3.Al.Na.H2O/c2-1(3)4;;;/h(H2,2,3,4);;;1H2/q;+3;+1;/p-2. The summed E-state index contributed by atoms with van der Waals surface area (Å²) in [5.74, 6) is 0. The van der Waals surface area contributed by atoms with Crippen LogP contribution in [0.4, 0.5) is 4.79 Å². The summed E-state index contributed by atoms with van der Waals surface area (Å²) in [5, 5.41) is 15.3. The molecule has 0 aliphatic rings. The van der Waals surface area contributed by atoms with Crippen LogP contribution in [0.3, 0.4) is 0 Å². The number of rotatable bonds is 0. The quantitative estimate of drug-likeness (QED) is 0.332. The molecule has 0 aromatic rings. The van der Waals surface area contributed by atoms with Gasteiger partial charge in [-0.1, -0.05) is 0 Å². The van der Waals surface area contributed by atoms with E-state index in [4.69, 9.17) is 15.0 Å². The third-order valence-electron chi connectivity index (χ3n) is 0. The minimum absolute atomic E-state index is 0. The molecule has 0 saturated heterocycles. The fraction of sp³-hybridized carbons (Fsp3) is 0. The predicted octanol–water partition coefficient (Wildman–Crippen LogP) is -4.67. The molecule has 0 amide bonds. The molecule has 0 fully saturated rings. The van der Waals surface area contributed by atoms with Crippen LogP contribution < -0.4 is 34.7 Å². The maximum Gasteiger partial charge on any atom is 3.00 e. The molecule has 7 heavy (non-hydrogen) atoms. The van der Waals surface area contributed by atoms with E-state index in [9.17, 15) is 0 Å². The molecular formula is CH2AlNaO4+2. The number of hydrogen-bond acceptors (Lipinski definition) is 3. The van der Waals surface area contributed by atoms with Crippen LogP contribution in [0.2, 0.25) is 0 Å². The smallest absolute Gasteiger partial charge is 0.870 e. The first-order chi connectivity index (χ1) is 1.73. The Morgan fingerprint density at radius 2 is 1.57 bits per heavy atom. The Labute approximate surface area is 73.3 Å². The third kappa shape index (κ3) is 264. The van der Waals surface area contributed by atoms with Gasteiger partial charge in [0, 0.05) is 0 Å². The van der Waals surface area contributed by atoms with E-state index < -0.39 is 6.16 Å². The fourth-order valence-corrected chi connectivity index (χ4v) is 0. The van der Waals surface area contributed by atoms with Gasteiger partial charge in [0.15, 0.2) is 0 Å². The zero-order chi connectivity index (χ0) is 3.58. The van der Waals surface area contributed by atoms with Crippen LogP contribution in [0.1, 0.15) is 0 Å². The molecule has 0 heterocycles. The summed E-state index contributed by atoms with van der Waals surface area (Å²) in [4.78, 5) is 8.44. The van der Waals surface area contributed by atoms with Crippen molar-refractivity contribution in [1.29, 1.82) is 0 Å². The van der Waals surface area contributed by atoms with Gasteiger partial charge in [-0.3, -0.25) is 0 Å². The second-order valence-electron chi connectivity index (χ2n) is 0.266. The zero-order valence-corrected chi connectivity index (χ0v) is 6.94. The minimum Gasteiger partial charge on any atom is -0.870 e. The largest absolute Gasteiger partial charge is 3.00 e. The first-order valence-corrected chi connectivity index (χ1v) is 0.632. The topological polar surface area (TPSA) is 90.4 Å². The summed E-state index contributed by atoms with van der Waals surface area (Å²) >= 11 is 0. The van der Waals surface area contributed by atoms with Crippen molar-refractivity contribution < 1.29 is 50.0 Å². The predicted molar refractivity (Wildman–Crippen MR) is 15.7 cm³/mol. The van der Waals surface area contributed by atoms with Crippen molar-refractivity contribution in [3.05, 3.63) is 0 Å². The summed E-state index contributed by atoms with van der Waals surface area (Å²) in [6.45, 7) is 0. The summed E-state index contributed by atoms with van der Waals surface area (Å²) < 4.78 is 0. The van der Waals surface area contributed by atoms with Crippen LogP contribution >= 0.6 is 0 Å². The molecule has 0 rings (SSSR count). The summed E-state index contributed by atoms with van der Waals surface area (Å²) in [6.07, 6.45) is -2.08. The van der Waals surface area contributed by atoms with Gasteiger partial charge in [-0.05, 0) is 0 Å². The molecule has 0 saturated carbocycles. The Morgan fingerprint density at radius 3 is 1.57 bits per heavy atom. The maximum atomic E-state index is 8.44. The average molecular weight is 128 g/mol. The van der Waals surface area contributed by atoms with E-state index in [2.05, 4.69) is 0 Å². The van der Waals surface area contributed by atoms with Gasteiger partial charge in [0.1, 0.15) is 0 Å². The molecular weight excluding hydrogens is 126 g/mol. The van der Waals surface area contributed by atoms with Crippen molar-refractivity contribution in [2.75, 3.05) is 0 Å². The fourth-order valence-electron chi connectivity index (χ4n) is 0. The van der Waals surface area contributed by atoms with E-state index in [0.29, 0.717) is 0 Å². The Bertz CT molecular complexity index is 34.7. The number of carbonyl (C=O) groups is 1. The van der Waals surface area contributed by atoms with E-state index in [1.165, 1.54) is 0 Å². The average Bonchev–Trinajstić information content (AvgIpc) is 0.811. The van der Waals surface area contributed by atoms with Gasteiger partial charge in [0.2, 0.25) is 6.16 Å². The van der Waals surface area contributed by atoms with Crippen molar-refractivity contribution in [3.63, 3.8) is 0 Å². The molecule has 0 aliphatic carbocycles. The van der Waals surface area contributed by atoms with Crippen molar-refractivity contribution >= 4 is 23.5 Å². The second kappa shape index (κ2) is 15.9. The molecule has 0 spiro atoms. The van der Waals surface area contributed by atoms with Crippen LogP contribution in [0.15, 0.2) is 0 Å². The van der Waals surface area contributed by atoms with Crippen molar-refractivity contribution in [3.8, 4) is 0 Å². The molecule has 2 N–H and O–H groups in total. The molecule has 4 nitrogen and oxygen atoms in total. The molecule has 0 aromatic carbocycles. The number of hydrogen-bond donors (Lipinski definition) is 1. The Hall–Kier alpha value is 0.762. The van der Waals surface area contributed by atoms with Gasteiger partial charge >= 0.3 is 46.9 Å². The molecule has 0 radical (unpaired) electrons. The molecule has 32 valence electrons. The van der Waals surface area contributed by atoms with E-state index in [0.717, 1.165) is 0 Å². The normalized spacial score (nSPS) is 3.43. The number of carboxylic acid groups (broad SMARTS) is 2. The second-order valence-corrected chi connectivity index (χ2v) is 0.266. The molecule has 0 atom stereocenters. The van der Waals surface area contributed by atoms with E-state index >= 15 is 0 Å². The Morgan fingerprint density at radius 1 is 1.57 bits per heavy atom. The Kier molecular flexibility index (Phi) is 56.8. The summed E-state index contributed by atoms with van der Waals surface area (Å²) in [6, 6.07) is 0. The molecule has 0 aromatic heterocycles. The van der Waals surface area contributed by atoms with Gasteiger partial charge in [0.05, 0.1) is 0 Å². The summed E-state index contributed by atoms with van der Waals surface area (Å²) in [7, 11) is 0. The maximum absolute atomic E-state index is 8.44. The zero-order valence-electron chi connectivity index (χ0n) is 3.79. The molecule has 6 heteroatoms. The molecule has 0 aliphatic heterocycles. The van der Waals surface area contributed by atoms with E-state index in [1.54, 1.807) is 0 Å². The first kappa shape index (κ1) is 25.1. The minimum atomic E-state index is -2.08. The van der Waals surface area contributed by atoms with Gasteiger partial charge in [-0.2, -0.15) is 0 Å². The van der Waals surface area contributed by atoms with Crippen LogP contribution in [0.5, 0.6) is 0 Å². The van der Waals surface area contributed by atoms with Crippen LogP contribution in [0, 0.1) is 0 Å². The molecule has 0 unspecified atom stereocenters. The van der Waals surface area contributed by atoms with Crippen molar-refractivity contribution in [1.82, 2.24) is 0 Å². The summed E-state index contributed by atoms with van der Waals surface area (Å²) in [5.41, 5.74) is 0. The first-order valence-electron chi connectivity index (χ1n) is 0.632. The van der Waals surface area contributed by atoms with Gasteiger partial charge in [-0.15, -0.1) is 0 Å². The van der Waals surface area contributed by atoms with Gasteiger partial charge in [-0.25, -0.2) is 0 Å². The van der Waals surface area contributed by atoms with Crippen molar-refractivity contribution in [2.24, 2.45) is 0 Å². The van der Waals surface area contributed by atoms with Crippen molar-refractivity contribution in [2.45, 2.75) is 0 Å². The van der Waals surface area contributed by atoms with Crippen LogP contribution in [-0.2, 0) is 0 Å². The van der Waals surface area contributed by atoms with E-state index in [-0.39, 0.29) is 52.4 Å². The van der Waals surface area contributed by atoms with Crippen LogP contribution in [-0.4, -0.2) is 34.1 Å². The van der Waals surface area contributed by atoms with Gasteiger partial charge < -0.3 is 20.5 Å². The van der Waals surface area contributed by atoms with E-state index in [1.807, 2.05) is 0 Å². The molecule has 0 bridgehead atoms.